The summed E-state index contributed by atoms with van der Waals surface area (Å²) in [5.41, 5.74) is 2.17. The molecule has 0 saturated carbocycles. The van der Waals surface area contributed by atoms with Crippen LogP contribution in [0.25, 0.3) is 10.2 Å². The Bertz CT molecular complexity index is 1580. The maximum absolute atomic E-state index is 13.3. The number of rotatable bonds is 5. The predicted octanol–water partition coefficient (Wildman–Crippen LogP) is 4.85. The van der Waals surface area contributed by atoms with E-state index in [2.05, 4.69) is 4.98 Å². The topological polar surface area (TPSA) is 105 Å². The Hall–Kier alpha value is -3.34. The molecule has 1 atom stereocenters. The molecule has 2 aromatic carbocycles. The number of amides is 1. The van der Waals surface area contributed by atoms with E-state index in [4.69, 9.17) is 0 Å². The molecule has 0 spiro atoms. The molecular weight excluding hydrogens is 492 g/mol. The first-order valence-corrected chi connectivity index (χ1v) is 13.8. The summed E-state index contributed by atoms with van der Waals surface area (Å²) in [4.78, 5) is 33.0. The van der Waals surface area contributed by atoms with E-state index in [9.17, 15) is 23.1 Å². The van der Waals surface area contributed by atoms with Gasteiger partial charge in [0.15, 0.2) is 20.7 Å². The predicted molar refractivity (Wildman–Crippen MR) is 132 cm³/mol. The van der Waals surface area contributed by atoms with Crippen molar-refractivity contribution >= 4 is 59.5 Å². The SMILES string of the molecule is Cc1ccc([C@@H]2C(C(=O)c3cccs3)=C(O)C(=O)N2c2nc3ccc(S(C)(=O)=O)cc3s2)cc1. The lowest BCUT2D eigenvalue weighted by atomic mass is 9.95. The van der Waals surface area contributed by atoms with Crippen LogP contribution < -0.4 is 4.90 Å². The molecule has 1 amide bonds. The number of nitrogens with zero attached hydrogens (tertiary/aromatic N) is 2. The van der Waals surface area contributed by atoms with Crippen molar-refractivity contribution in [3.05, 3.63) is 87.3 Å². The van der Waals surface area contributed by atoms with Gasteiger partial charge < -0.3 is 5.11 Å². The van der Waals surface area contributed by atoms with Crippen molar-refractivity contribution in [2.75, 3.05) is 11.2 Å². The smallest absolute Gasteiger partial charge is 0.296 e. The third kappa shape index (κ3) is 3.73. The quantitative estimate of drug-likeness (QED) is 0.385. The summed E-state index contributed by atoms with van der Waals surface area (Å²) in [5, 5.41) is 12.9. The minimum absolute atomic E-state index is 0.00705. The number of benzene rings is 2. The molecule has 0 saturated heterocycles. The van der Waals surface area contributed by atoms with Gasteiger partial charge >= 0.3 is 0 Å². The van der Waals surface area contributed by atoms with Crippen LogP contribution in [-0.2, 0) is 14.6 Å². The number of aromatic nitrogens is 1. The molecule has 10 heteroatoms. The number of fused-ring (bicyclic) bond motifs is 1. The first kappa shape index (κ1) is 22.5. The van der Waals surface area contributed by atoms with Crippen molar-refractivity contribution in [2.24, 2.45) is 0 Å². The molecule has 0 unspecified atom stereocenters. The van der Waals surface area contributed by atoms with Crippen LogP contribution in [0.2, 0.25) is 0 Å². The first-order chi connectivity index (χ1) is 16.1. The number of thiophene rings is 1. The first-order valence-electron chi connectivity index (χ1n) is 10.2. The summed E-state index contributed by atoms with van der Waals surface area (Å²) in [6, 6.07) is 14.4. The average Bonchev–Trinajstić information content (AvgIpc) is 3.52. The molecule has 0 radical (unpaired) electrons. The summed E-state index contributed by atoms with van der Waals surface area (Å²) in [5.74, 6) is -1.76. The van der Waals surface area contributed by atoms with Crippen molar-refractivity contribution < 1.29 is 23.1 Å². The van der Waals surface area contributed by atoms with Crippen LogP contribution in [0.4, 0.5) is 5.13 Å². The molecule has 1 aliphatic rings. The van der Waals surface area contributed by atoms with Gasteiger partial charge in [0.05, 0.1) is 31.6 Å². The van der Waals surface area contributed by atoms with Gasteiger partial charge in [-0.25, -0.2) is 13.4 Å². The maximum Gasteiger partial charge on any atom is 0.296 e. The molecule has 2 aromatic heterocycles. The highest BCUT2D eigenvalue weighted by Gasteiger charge is 2.46. The third-order valence-electron chi connectivity index (χ3n) is 5.57. The molecule has 0 bridgehead atoms. The van der Waals surface area contributed by atoms with E-state index >= 15 is 0 Å². The fraction of sp³-hybridized carbons (Fsp3) is 0.125. The van der Waals surface area contributed by atoms with Crippen LogP contribution in [0, 0.1) is 6.92 Å². The summed E-state index contributed by atoms with van der Waals surface area (Å²) < 4.78 is 24.5. The zero-order valence-electron chi connectivity index (χ0n) is 18.1. The van der Waals surface area contributed by atoms with E-state index in [1.54, 1.807) is 23.6 Å². The number of Topliss-reactive ketones (excluding diaryl/α,β-unsaturated/α-hetero) is 1. The highest BCUT2D eigenvalue weighted by Crippen LogP contribution is 2.44. The van der Waals surface area contributed by atoms with E-state index in [1.807, 2.05) is 31.2 Å². The average molecular weight is 511 g/mol. The molecule has 34 heavy (non-hydrogen) atoms. The molecule has 0 fully saturated rings. The summed E-state index contributed by atoms with van der Waals surface area (Å²) in [6.45, 7) is 1.93. The summed E-state index contributed by atoms with van der Waals surface area (Å²) in [7, 11) is -3.42. The molecule has 7 nitrogen and oxygen atoms in total. The number of carbonyl (C=O) groups is 2. The van der Waals surface area contributed by atoms with Crippen LogP contribution in [0.1, 0.15) is 26.8 Å². The van der Waals surface area contributed by atoms with Gasteiger partial charge in [0.1, 0.15) is 0 Å². The number of ketones is 1. The summed E-state index contributed by atoms with van der Waals surface area (Å²) in [6.07, 6.45) is 1.12. The largest absolute Gasteiger partial charge is 0.503 e. The fourth-order valence-electron chi connectivity index (χ4n) is 3.87. The highest BCUT2D eigenvalue weighted by molar-refractivity contribution is 7.90. The molecule has 4 aromatic rings. The molecule has 1 N–H and O–H groups in total. The van der Waals surface area contributed by atoms with Crippen molar-refractivity contribution in [1.82, 2.24) is 4.98 Å². The van der Waals surface area contributed by atoms with Crippen molar-refractivity contribution in [3.8, 4) is 0 Å². The number of sulfone groups is 1. The Morgan fingerprint density at radius 2 is 1.85 bits per heavy atom. The van der Waals surface area contributed by atoms with Gasteiger partial charge in [-0.2, -0.15) is 0 Å². The van der Waals surface area contributed by atoms with Gasteiger partial charge in [-0.3, -0.25) is 14.5 Å². The normalized spacial score (nSPS) is 16.6. The third-order valence-corrected chi connectivity index (χ3v) is 8.57. The maximum atomic E-state index is 13.3. The number of aliphatic hydroxyl groups is 1. The minimum Gasteiger partial charge on any atom is -0.503 e. The molecule has 1 aliphatic heterocycles. The Morgan fingerprint density at radius 1 is 1.12 bits per heavy atom. The van der Waals surface area contributed by atoms with Crippen LogP contribution in [0.15, 0.2) is 76.2 Å². The van der Waals surface area contributed by atoms with Crippen LogP contribution in [0.5, 0.6) is 0 Å². The van der Waals surface area contributed by atoms with Gasteiger partial charge in [0.25, 0.3) is 5.91 Å². The number of aliphatic hydroxyl groups excluding tert-OH is 1. The monoisotopic (exact) mass is 510 g/mol. The van der Waals surface area contributed by atoms with Crippen molar-refractivity contribution in [2.45, 2.75) is 17.9 Å². The van der Waals surface area contributed by atoms with Gasteiger partial charge in [0, 0.05) is 6.26 Å². The Kier molecular flexibility index (Phi) is 5.38. The van der Waals surface area contributed by atoms with Gasteiger partial charge in [-0.1, -0.05) is 47.2 Å². The standard InChI is InChI=1S/C24H18N2O5S3/c1-13-5-7-14(8-6-13)20-19(21(27)17-4-3-11-32-17)22(28)23(29)26(20)24-25-16-10-9-15(34(2,30)31)12-18(16)33-24/h3-12,20,28H,1-2H3/t20-/m1/s1. The lowest BCUT2D eigenvalue weighted by Crippen LogP contribution is -2.30. The minimum atomic E-state index is -3.42. The number of carbonyl (C=O) groups excluding carboxylic acids is 2. The summed E-state index contributed by atoms with van der Waals surface area (Å²) >= 11 is 2.36. The Balaban J connectivity index is 1.67. The number of aryl methyl sites for hydroxylation is 1. The van der Waals surface area contributed by atoms with Crippen molar-refractivity contribution in [3.63, 3.8) is 0 Å². The fourth-order valence-corrected chi connectivity index (χ4v) is 6.30. The zero-order chi connectivity index (χ0) is 24.2. The number of hydrogen-bond acceptors (Lipinski definition) is 8. The van der Waals surface area contributed by atoms with Gasteiger partial charge in [-0.15, -0.1) is 11.3 Å². The lowest BCUT2D eigenvalue weighted by Gasteiger charge is -2.24. The Labute approximate surface area is 203 Å². The molecule has 5 rings (SSSR count). The van der Waals surface area contributed by atoms with Gasteiger partial charge in [0.2, 0.25) is 5.78 Å². The van der Waals surface area contributed by atoms with Crippen LogP contribution in [-0.4, -0.2) is 36.5 Å². The van der Waals surface area contributed by atoms with E-state index in [0.717, 1.165) is 23.2 Å². The van der Waals surface area contributed by atoms with Crippen LogP contribution in [0.3, 0.4) is 0 Å². The molecule has 0 aliphatic carbocycles. The van der Waals surface area contributed by atoms with E-state index in [0.29, 0.717) is 20.7 Å². The Morgan fingerprint density at radius 3 is 2.50 bits per heavy atom. The molecule has 3 heterocycles. The van der Waals surface area contributed by atoms with Gasteiger partial charge in [-0.05, 0) is 42.1 Å². The van der Waals surface area contributed by atoms with E-state index in [-0.39, 0.29) is 15.6 Å². The van der Waals surface area contributed by atoms with Crippen molar-refractivity contribution in [1.29, 1.82) is 0 Å². The van der Waals surface area contributed by atoms with E-state index < -0.39 is 33.3 Å². The number of hydrogen-bond donors (Lipinski definition) is 1. The molecule has 172 valence electrons. The second-order valence-corrected chi connectivity index (χ2v) is 11.9. The highest BCUT2D eigenvalue weighted by atomic mass is 32.2. The number of anilines is 1. The second-order valence-electron chi connectivity index (χ2n) is 7.96. The van der Waals surface area contributed by atoms with E-state index in [1.165, 1.54) is 28.4 Å². The molecular formula is C24H18N2O5S3. The zero-order valence-corrected chi connectivity index (χ0v) is 20.5. The van der Waals surface area contributed by atoms with Crippen LogP contribution >= 0.6 is 22.7 Å². The second kappa shape index (κ2) is 8.15. The lowest BCUT2D eigenvalue weighted by molar-refractivity contribution is -0.117. The number of thiazole rings is 1.